The van der Waals surface area contributed by atoms with Crippen LogP contribution in [0.15, 0.2) is 12.4 Å². The summed E-state index contributed by atoms with van der Waals surface area (Å²) in [6.07, 6.45) is 2.34. The zero-order valence-electron chi connectivity index (χ0n) is 6.98. The molecule has 1 N–H and O–H groups in total. The molecule has 0 aliphatic rings. The zero-order chi connectivity index (χ0) is 9.84. The summed E-state index contributed by atoms with van der Waals surface area (Å²) >= 11 is -1.89. The van der Waals surface area contributed by atoms with Crippen molar-refractivity contribution in [2.75, 3.05) is 0 Å². The van der Waals surface area contributed by atoms with E-state index in [4.69, 9.17) is 4.55 Å². The van der Waals surface area contributed by atoms with Gasteiger partial charge in [0.2, 0.25) is 0 Å². The lowest BCUT2D eigenvalue weighted by molar-refractivity contribution is 0.548. The van der Waals surface area contributed by atoms with Crippen molar-refractivity contribution in [2.24, 2.45) is 0 Å². The monoisotopic (exact) mass is 204 g/mol. The number of nitrogens with zero attached hydrogens (tertiary/aromatic N) is 2. The lowest BCUT2D eigenvalue weighted by Gasteiger charge is -2.04. The number of halogens is 1. The van der Waals surface area contributed by atoms with Gasteiger partial charge in [0.25, 0.3) is 0 Å². The predicted molar refractivity (Wildman–Crippen MR) is 45.9 cm³/mol. The summed E-state index contributed by atoms with van der Waals surface area (Å²) in [6.45, 7) is 1.60. The molecular formula is C7H9FN2O2S. The van der Waals surface area contributed by atoms with Gasteiger partial charge in [-0.15, -0.1) is 0 Å². The van der Waals surface area contributed by atoms with Gasteiger partial charge in [-0.25, -0.2) is 18.6 Å². The summed E-state index contributed by atoms with van der Waals surface area (Å²) in [7, 11) is 0. The minimum Gasteiger partial charge on any atom is -0.306 e. The van der Waals surface area contributed by atoms with Gasteiger partial charge >= 0.3 is 0 Å². The second-order valence-corrected chi connectivity index (χ2v) is 3.97. The van der Waals surface area contributed by atoms with E-state index in [1.807, 2.05) is 0 Å². The fraction of sp³-hybridized carbons (Fsp3) is 0.429. The van der Waals surface area contributed by atoms with Crippen LogP contribution in [0, 0.1) is 5.82 Å². The third kappa shape index (κ3) is 3.16. The zero-order valence-corrected chi connectivity index (χ0v) is 7.79. The molecule has 72 valence electrons. The van der Waals surface area contributed by atoms with Crippen molar-refractivity contribution in [1.29, 1.82) is 0 Å². The summed E-state index contributed by atoms with van der Waals surface area (Å²) in [5.74, 6) is -0.141. The van der Waals surface area contributed by atoms with Crippen LogP contribution in [0.2, 0.25) is 0 Å². The van der Waals surface area contributed by atoms with Crippen molar-refractivity contribution in [2.45, 2.75) is 18.6 Å². The topological polar surface area (TPSA) is 63.1 Å². The third-order valence-electron chi connectivity index (χ3n) is 1.49. The molecule has 0 bridgehead atoms. The Labute approximate surface area is 77.5 Å². The number of aromatic nitrogens is 2. The van der Waals surface area contributed by atoms with E-state index < -0.39 is 22.1 Å². The van der Waals surface area contributed by atoms with Crippen LogP contribution >= 0.6 is 0 Å². The molecule has 0 saturated heterocycles. The van der Waals surface area contributed by atoms with Crippen LogP contribution in [0.1, 0.15) is 12.7 Å². The minimum absolute atomic E-state index is 0.267. The molecule has 0 amide bonds. The molecule has 1 aromatic rings. The van der Waals surface area contributed by atoms with Gasteiger partial charge in [-0.05, 0) is 6.92 Å². The highest BCUT2D eigenvalue weighted by Gasteiger charge is 2.10. The van der Waals surface area contributed by atoms with E-state index in [0.29, 0.717) is 5.82 Å². The second-order valence-electron chi connectivity index (χ2n) is 2.61. The van der Waals surface area contributed by atoms with E-state index >= 15 is 0 Å². The SMILES string of the molecule is C[C@@H](Cc1ncc(F)cn1)S(=O)O. The van der Waals surface area contributed by atoms with Crippen molar-refractivity contribution in [3.05, 3.63) is 24.0 Å². The molecule has 1 unspecified atom stereocenters. The molecule has 13 heavy (non-hydrogen) atoms. The number of hydrogen-bond donors (Lipinski definition) is 1. The van der Waals surface area contributed by atoms with Gasteiger partial charge in [0.05, 0.1) is 17.6 Å². The Kier molecular flexibility index (Phi) is 3.44. The third-order valence-corrected chi connectivity index (χ3v) is 2.34. The molecule has 0 saturated carbocycles. The largest absolute Gasteiger partial charge is 0.306 e. The van der Waals surface area contributed by atoms with Crippen molar-refractivity contribution >= 4 is 11.1 Å². The lowest BCUT2D eigenvalue weighted by atomic mass is 10.3. The molecule has 0 aliphatic heterocycles. The van der Waals surface area contributed by atoms with Gasteiger partial charge in [0, 0.05) is 6.42 Å². The summed E-state index contributed by atoms with van der Waals surface area (Å²) in [4.78, 5) is 7.34. The van der Waals surface area contributed by atoms with Gasteiger partial charge in [-0.3, -0.25) is 0 Å². The van der Waals surface area contributed by atoms with E-state index in [-0.39, 0.29) is 6.42 Å². The van der Waals surface area contributed by atoms with Crippen molar-refractivity contribution < 1.29 is 13.2 Å². The molecular weight excluding hydrogens is 195 g/mol. The molecule has 0 aliphatic carbocycles. The summed E-state index contributed by atoms with van der Waals surface area (Å²) in [6, 6.07) is 0. The first-order valence-electron chi connectivity index (χ1n) is 3.65. The maximum Gasteiger partial charge on any atom is 0.159 e. The molecule has 1 heterocycles. The van der Waals surface area contributed by atoms with E-state index in [2.05, 4.69) is 9.97 Å². The Hall–Kier alpha value is -0.880. The van der Waals surface area contributed by atoms with Crippen LogP contribution in [0.3, 0.4) is 0 Å². The predicted octanol–water partition coefficient (Wildman–Crippen LogP) is 0.768. The van der Waals surface area contributed by atoms with Gasteiger partial charge in [0.15, 0.2) is 16.9 Å². The highest BCUT2D eigenvalue weighted by molar-refractivity contribution is 7.79. The number of hydrogen-bond acceptors (Lipinski definition) is 3. The van der Waals surface area contributed by atoms with E-state index in [1.54, 1.807) is 6.92 Å². The van der Waals surface area contributed by atoms with Crippen LogP contribution in [-0.4, -0.2) is 24.0 Å². The molecule has 1 aromatic heterocycles. The van der Waals surface area contributed by atoms with Crippen LogP contribution in [0.25, 0.3) is 0 Å². The maximum atomic E-state index is 12.3. The molecule has 0 spiro atoms. The van der Waals surface area contributed by atoms with Gasteiger partial charge in [-0.1, -0.05) is 0 Å². The van der Waals surface area contributed by atoms with Crippen molar-refractivity contribution in [1.82, 2.24) is 9.97 Å². The highest BCUT2D eigenvalue weighted by Crippen LogP contribution is 2.01. The molecule has 4 nitrogen and oxygen atoms in total. The van der Waals surface area contributed by atoms with Crippen molar-refractivity contribution in [3.63, 3.8) is 0 Å². The minimum atomic E-state index is -1.89. The van der Waals surface area contributed by atoms with E-state index in [0.717, 1.165) is 12.4 Å². The first-order valence-corrected chi connectivity index (χ1v) is 4.82. The fourth-order valence-corrected chi connectivity index (χ4v) is 1.06. The molecule has 0 aromatic carbocycles. The van der Waals surface area contributed by atoms with Gasteiger partial charge in [-0.2, -0.15) is 0 Å². The Morgan fingerprint density at radius 1 is 1.62 bits per heavy atom. The van der Waals surface area contributed by atoms with Crippen LogP contribution in [0.4, 0.5) is 4.39 Å². The van der Waals surface area contributed by atoms with Gasteiger partial charge in [0.1, 0.15) is 5.82 Å². The fourth-order valence-electron chi connectivity index (χ4n) is 0.773. The van der Waals surface area contributed by atoms with E-state index in [9.17, 15) is 8.60 Å². The first kappa shape index (κ1) is 10.2. The maximum absolute atomic E-state index is 12.3. The van der Waals surface area contributed by atoms with Crippen LogP contribution in [0.5, 0.6) is 0 Å². The normalized spacial score (nSPS) is 15.3. The molecule has 0 radical (unpaired) electrons. The van der Waals surface area contributed by atoms with Crippen LogP contribution < -0.4 is 0 Å². The summed E-state index contributed by atoms with van der Waals surface area (Å²) < 4.78 is 31.6. The molecule has 2 atom stereocenters. The Morgan fingerprint density at radius 3 is 2.62 bits per heavy atom. The van der Waals surface area contributed by atoms with Crippen LogP contribution in [-0.2, 0) is 17.5 Å². The van der Waals surface area contributed by atoms with E-state index in [1.165, 1.54) is 0 Å². The lowest BCUT2D eigenvalue weighted by Crippen LogP contribution is -2.14. The average molecular weight is 204 g/mol. The molecule has 0 fully saturated rings. The van der Waals surface area contributed by atoms with Crippen molar-refractivity contribution in [3.8, 4) is 0 Å². The Balaban J connectivity index is 2.64. The smallest absolute Gasteiger partial charge is 0.159 e. The summed E-state index contributed by atoms with van der Waals surface area (Å²) in [5, 5.41) is -0.439. The first-order chi connectivity index (χ1) is 6.09. The highest BCUT2D eigenvalue weighted by atomic mass is 32.2. The Morgan fingerprint density at radius 2 is 2.15 bits per heavy atom. The molecule has 1 rings (SSSR count). The standard InChI is InChI=1S/C7H9FN2O2S/c1-5(13(11)12)2-7-9-3-6(8)4-10-7/h3-5H,2H2,1H3,(H,11,12)/t5-/m0/s1. The average Bonchev–Trinajstić information content (AvgIpc) is 2.08. The number of rotatable bonds is 3. The second kappa shape index (κ2) is 4.38. The Bertz CT molecular complexity index is 304. The summed E-state index contributed by atoms with van der Waals surface area (Å²) in [5.41, 5.74) is 0. The quantitative estimate of drug-likeness (QED) is 0.738. The van der Waals surface area contributed by atoms with Gasteiger partial charge < -0.3 is 4.55 Å². The molecule has 6 heteroatoms.